The standard InChI is InChI=1S/C18H15Br2F2NO2/c19-12-5-6-13-11(9-12)10-23(17(13)24)8-7-15(20)14-3-1-2-4-16(14)25-18(21)22/h1-6,9,15,18H,7-8,10H2. The molecule has 0 bridgehead atoms. The lowest BCUT2D eigenvalue weighted by molar-refractivity contribution is -0.0504. The summed E-state index contributed by atoms with van der Waals surface area (Å²) >= 11 is 6.94. The quantitative estimate of drug-likeness (QED) is 0.515. The highest BCUT2D eigenvalue weighted by Crippen LogP contribution is 2.35. The number of amides is 1. The van der Waals surface area contributed by atoms with E-state index in [-0.39, 0.29) is 16.5 Å². The molecule has 0 fully saturated rings. The van der Waals surface area contributed by atoms with Crippen molar-refractivity contribution in [2.45, 2.75) is 24.4 Å². The molecule has 1 aliphatic heterocycles. The van der Waals surface area contributed by atoms with Crippen molar-refractivity contribution in [3.05, 3.63) is 63.6 Å². The smallest absolute Gasteiger partial charge is 0.387 e. The maximum atomic E-state index is 12.5. The maximum Gasteiger partial charge on any atom is 0.387 e. The molecule has 1 heterocycles. The number of hydrogen-bond donors (Lipinski definition) is 0. The maximum absolute atomic E-state index is 12.5. The summed E-state index contributed by atoms with van der Waals surface area (Å²) in [7, 11) is 0. The molecule has 1 amide bonds. The van der Waals surface area contributed by atoms with E-state index in [2.05, 4.69) is 36.6 Å². The molecule has 3 nitrogen and oxygen atoms in total. The zero-order valence-corrected chi connectivity index (χ0v) is 16.3. The van der Waals surface area contributed by atoms with Crippen molar-refractivity contribution in [2.24, 2.45) is 0 Å². The van der Waals surface area contributed by atoms with E-state index in [0.29, 0.717) is 25.1 Å². The van der Waals surface area contributed by atoms with Crippen LogP contribution in [0.3, 0.4) is 0 Å². The molecule has 3 rings (SSSR count). The van der Waals surface area contributed by atoms with Gasteiger partial charge in [0.1, 0.15) is 5.75 Å². The summed E-state index contributed by atoms with van der Waals surface area (Å²) in [6.45, 7) is -1.79. The minimum absolute atomic E-state index is 0.000634. The predicted octanol–water partition coefficient (Wildman–Crippen LogP) is 5.53. The number of alkyl halides is 3. The van der Waals surface area contributed by atoms with Gasteiger partial charge in [-0.25, -0.2) is 0 Å². The highest BCUT2D eigenvalue weighted by atomic mass is 79.9. The zero-order valence-electron chi connectivity index (χ0n) is 13.1. The average Bonchev–Trinajstić information content (AvgIpc) is 2.88. The van der Waals surface area contributed by atoms with Crippen LogP contribution in [0.4, 0.5) is 8.78 Å². The van der Waals surface area contributed by atoms with Gasteiger partial charge in [0, 0.05) is 33.5 Å². The molecule has 0 radical (unpaired) electrons. The summed E-state index contributed by atoms with van der Waals surface area (Å²) < 4.78 is 30.6. The summed E-state index contributed by atoms with van der Waals surface area (Å²) in [6, 6.07) is 12.3. The van der Waals surface area contributed by atoms with Crippen LogP contribution < -0.4 is 4.74 Å². The molecule has 2 aromatic carbocycles. The molecule has 0 aromatic heterocycles. The van der Waals surface area contributed by atoms with Gasteiger partial charge in [0.2, 0.25) is 0 Å². The number of fused-ring (bicyclic) bond motifs is 1. The Labute approximate surface area is 161 Å². The Balaban J connectivity index is 1.66. The Bertz CT molecular complexity index is 785. The first kappa shape index (κ1) is 18.3. The van der Waals surface area contributed by atoms with Gasteiger partial charge in [-0.3, -0.25) is 4.79 Å². The van der Waals surface area contributed by atoms with Crippen molar-refractivity contribution in [3.63, 3.8) is 0 Å². The van der Waals surface area contributed by atoms with Crippen molar-refractivity contribution < 1.29 is 18.3 Å². The first-order chi connectivity index (χ1) is 12.0. The summed E-state index contributed by atoms with van der Waals surface area (Å²) in [5.41, 5.74) is 2.36. The van der Waals surface area contributed by atoms with Gasteiger partial charge < -0.3 is 9.64 Å². The number of para-hydroxylation sites is 1. The van der Waals surface area contributed by atoms with Crippen molar-refractivity contribution >= 4 is 37.8 Å². The summed E-state index contributed by atoms with van der Waals surface area (Å²) in [5.74, 6) is 0.152. The van der Waals surface area contributed by atoms with Gasteiger partial charge in [0.25, 0.3) is 5.91 Å². The number of ether oxygens (including phenoxy) is 1. The first-order valence-electron chi connectivity index (χ1n) is 7.71. The average molecular weight is 475 g/mol. The molecule has 1 atom stereocenters. The van der Waals surface area contributed by atoms with E-state index in [4.69, 9.17) is 0 Å². The molecule has 132 valence electrons. The minimum atomic E-state index is -2.87. The molecular formula is C18H15Br2F2NO2. The SMILES string of the molecule is O=C1c2ccc(Br)cc2CN1CCC(Br)c1ccccc1OC(F)F. The number of rotatable bonds is 6. The second-order valence-electron chi connectivity index (χ2n) is 5.70. The lowest BCUT2D eigenvalue weighted by atomic mass is 10.1. The fraction of sp³-hybridized carbons (Fsp3) is 0.278. The Hall–Kier alpha value is -1.47. The van der Waals surface area contributed by atoms with Gasteiger partial charge in [0.05, 0.1) is 0 Å². The minimum Gasteiger partial charge on any atom is -0.435 e. The number of benzene rings is 2. The third kappa shape index (κ3) is 4.20. The number of carbonyl (C=O) groups is 1. The third-order valence-corrected chi connectivity index (χ3v) is 5.52. The number of halogens is 4. The predicted molar refractivity (Wildman–Crippen MR) is 98.2 cm³/mol. The molecule has 0 saturated carbocycles. The monoisotopic (exact) mass is 473 g/mol. The van der Waals surface area contributed by atoms with Gasteiger partial charge in [-0.15, -0.1) is 0 Å². The van der Waals surface area contributed by atoms with E-state index in [0.717, 1.165) is 15.6 Å². The Morgan fingerprint density at radius 3 is 2.72 bits per heavy atom. The second-order valence-corrected chi connectivity index (χ2v) is 7.72. The van der Waals surface area contributed by atoms with E-state index in [1.807, 2.05) is 18.2 Å². The number of carbonyl (C=O) groups excluding carboxylic acids is 1. The molecule has 0 aliphatic carbocycles. The third-order valence-electron chi connectivity index (χ3n) is 4.07. The highest BCUT2D eigenvalue weighted by Gasteiger charge is 2.28. The highest BCUT2D eigenvalue weighted by molar-refractivity contribution is 9.10. The second kappa shape index (κ2) is 7.83. The van der Waals surface area contributed by atoms with Gasteiger partial charge in [-0.2, -0.15) is 8.78 Å². The van der Waals surface area contributed by atoms with Crippen molar-refractivity contribution in [2.75, 3.05) is 6.54 Å². The van der Waals surface area contributed by atoms with Gasteiger partial charge in [-0.1, -0.05) is 50.1 Å². The van der Waals surface area contributed by atoms with Crippen LogP contribution in [0.25, 0.3) is 0 Å². The van der Waals surface area contributed by atoms with Crippen molar-refractivity contribution in [1.29, 1.82) is 0 Å². The van der Waals surface area contributed by atoms with E-state index in [1.54, 1.807) is 23.1 Å². The van der Waals surface area contributed by atoms with Gasteiger partial charge >= 0.3 is 6.61 Å². The molecule has 0 spiro atoms. The van der Waals surface area contributed by atoms with Crippen LogP contribution in [0.1, 0.15) is 32.7 Å². The lowest BCUT2D eigenvalue weighted by Gasteiger charge is -2.19. The fourth-order valence-electron chi connectivity index (χ4n) is 2.90. The van der Waals surface area contributed by atoms with E-state index in [9.17, 15) is 13.6 Å². The van der Waals surface area contributed by atoms with Crippen LogP contribution in [0, 0.1) is 0 Å². The van der Waals surface area contributed by atoms with Crippen LogP contribution in [-0.2, 0) is 6.54 Å². The Morgan fingerprint density at radius 2 is 1.96 bits per heavy atom. The molecular weight excluding hydrogens is 460 g/mol. The lowest BCUT2D eigenvalue weighted by Crippen LogP contribution is -2.25. The van der Waals surface area contributed by atoms with Gasteiger partial charge in [-0.05, 0) is 36.2 Å². The van der Waals surface area contributed by atoms with E-state index in [1.165, 1.54) is 6.07 Å². The molecule has 1 aliphatic rings. The van der Waals surface area contributed by atoms with Gasteiger partial charge in [0.15, 0.2) is 0 Å². The molecule has 1 unspecified atom stereocenters. The van der Waals surface area contributed by atoms with Crippen LogP contribution in [-0.4, -0.2) is 24.0 Å². The summed E-state index contributed by atoms with van der Waals surface area (Å²) in [4.78, 5) is 14.0. The Morgan fingerprint density at radius 1 is 1.20 bits per heavy atom. The normalized spacial score (nSPS) is 14.8. The van der Waals surface area contributed by atoms with E-state index >= 15 is 0 Å². The van der Waals surface area contributed by atoms with Crippen LogP contribution in [0.5, 0.6) is 5.75 Å². The fourth-order valence-corrected chi connectivity index (χ4v) is 3.89. The first-order valence-corrected chi connectivity index (χ1v) is 9.42. The van der Waals surface area contributed by atoms with Crippen molar-refractivity contribution in [3.8, 4) is 5.75 Å². The molecule has 25 heavy (non-hydrogen) atoms. The zero-order chi connectivity index (χ0) is 18.0. The molecule has 0 saturated heterocycles. The van der Waals surface area contributed by atoms with Crippen LogP contribution in [0.2, 0.25) is 0 Å². The largest absolute Gasteiger partial charge is 0.435 e. The number of nitrogens with zero attached hydrogens (tertiary/aromatic N) is 1. The molecule has 0 N–H and O–H groups in total. The Kier molecular flexibility index (Phi) is 5.74. The topological polar surface area (TPSA) is 29.5 Å². The molecule has 2 aromatic rings. The summed E-state index contributed by atoms with van der Waals surface area (Å²) in [6.07, 6.45) is 0.588. The molecule has 7 heteroatoms. The van der Waals surface area contributed by atoms with Crippen molar-refractivity contribution in [1.82, 2.24) is 4.90 Å². The number of hydrogen-bond acceptors (Lipinski definition) is 2. The summed E-state index contributed by atoms with van der Waals surface area (Å²) in [5, 5.41) is 0. The van der Waals surface area contributed by atoms with Crippen LogP contribution in [0.15, 0.2) is 46.9 Å². The van der Waals surface area contributed by atoms with E-state index < -0.39 is 6.61 Å². The van der Waals surface area contributed by atoms with Crippen LogP contribution >= 0.6 is 31.9 Å².